The number of nitrogens with one attached hydrogen (secondary N) is 6. The third kappa shape index (κ3) is 15.1. The van der Waals surface area contributed by atoms with Crippen LogP contribution in [-0.4, -0.2) is 102 Å². The minimum atomic E-state index is -1.36. The van der Waals surface area contributed by atoms with E-state index in [9.17, 15) is 9.59 Å². The number of hydrogen-bond acceptors (Lipinski definition) is 10. The third-order valence-corrected chi connectivity index (χ3v) is 14.5. The summed E-state index contributed by atoms with van der Waals surface area (Å²) in [6.07, 6.45) is 2.16. The van der Waals surface area contributed by atoms with Crippen molar-refractivity contribution in [3.63, 3.8) is 0 Å². The van der Waals surface area contributed by atoms with Gasteiger partial charge in [0.2, 0.25) is 35.4 Å². The molecule has 0 unspecified atom stereocenters. The molecule has 17 nitrogen and oxygen atoms in total. The minimum Gasteiger partial charge on any atom is -0.489 e. The molecule has 17 heteroatoms. The number of benzene rings is 6. The molecule has 7 atom stereocenters. The summed E-state index contributed by atoms with van der Waals surface area (Å²) < 4.78 is 18.2. The van der Waals surface area contributed by atoms with Crippen molar-refractivity contribution < 1.29 is 43.0 Å². The predicted molar refractivity (Wildman–Crippen MR) is 302 cm³/mol. The predicted octanol–water partition coefficient (Wildman–Crippen LogP) is 5.87. The van der Waals surface area contributed by atoms with Crippen LogP contribution in [0.4, 0.5) is 0 Å². The summed E-state index contributed by atoms with van der Waals surface area (Å²) in [5, 5.41) is 15.6. The average molecular weight is 1080 g/mol. The van der Waals surface area contributed by atoms with Gasteiger partial charge >= 0.3 is 0 Å². The molecule has 2 aliphatic rings. The number of nitrogens with two attached hydrogens (primary N) is 1. The normalized spacial score (nSPS) is 21.3. The fraction of sp³-hybridized carbons (Fsp3) is 0.302. The zero-order valence-electron chi connectivity index (χ0n) is 44.5. The van der Waals surface area contributed by atoms with E-state index in [-0.39, 0.29) is 52.0 Å². The molecule has 0 saturated carbocycles. The molecule has 0 aliphatic carbocycles. The third-order valence-electron chi connectivity index (χ3n) is 14.5. The van der Waals surface area contributed by atoms with Crippen LogP contribution in [0.2, 0.25) is 0 Å². The van der Waals surface area contributed by atoms with Crippen LogP contribution in [0.15, 0.2) is 176 Å². The highest BCUT2D eigenvalue weighted by Gasteiger charge is 2.44. The second-order valence-electron chi connectivity index (χ2n) is 20.2. The lowest BCUT2D eigenvalue weighted by atomic mass is 9.99. The molecule has 8 N–H and O–H groups in total. The van der Waals surface area contributed by atoms with Gasteiger partial charge in [-0.15, -0.1) is 0 Å². The topological polar surface area (TPSA) is 235 Å². The lowest BCUT2D eigenvalue weighted by Gasteiger charge is -2.32. The Labute approximate surface area is 465 Å². The van der Waals surface area contributed by atoms with Gasteiger partial charge < -0.3 is 56.4 Å². The molecule has 2 fully saturated rings. The van der Waals surface area contributed by atoms with E-state index in [2.05, 4.69) is 31.6 Å². The van der Waals surface area contributed by atoms with Gasteiger partial charge in [0, 0.05) is 49.3 Å². The molecule has 6 amide bonds. The number of carbonyl (C=O) groups excluding carboxylic acids is 6. The van der Waals surface area contributed by atoms with E-state index < -0.39 is 77.8 Å². The van der Waals surface area contributed by atoms with Crippen LogP contribution < -0.4 is 37.1 Å². The largest absolute Gasteiger partial charge is 0.489 e. The number of aromatic nitrogens is 1. The Morgan fingerprint density at radius 2 is 1.06 bits per heavy atom. The van der Waals surface area contributed by atoms with Crippen LogP contribution >= 0.6 is 0 Å². The van der Waals surface area contributed by atoms with E-state index in [1.165, 1.54) is 4.90 Å². The van der Waals surface area contributed by atoms with E-state index >= 15 is 19.2 Å². The lowest BCUT2D eigenvalue weighted by Crippen LogP contribution is -2.61. The monoisotopic (exact) mass is 1080 g/mol. The minimum absolute atomic E-state index is 0.0106. The lowest BCUT2D eigenvalue weighted by molar-refractivity contribution is -0.143. The molecule has 2 saturated heterocycles. The molecule has 414 valence electrons. The van der Waals surface area contributed by atoms with Gasteiger partial charge in [-0.3, -0.25) is 28.8 Å². The van der Waals surface area contributed by atoms with Gasteiger partial charge in [0.25, 0.3) is 0 Å². The van der Waals surface area contributed by atoms with E-state index in [0.29, 0.717) is 54.0 Å². The molecule has 80 heavy (non-hydrogen) atoms. The molecular weight excluding hydrogens is 1010 g/mol. The first kappa shape index (κ1) is 56.1. The molecule has 9 rings (SSSR count). The van der Waals surface area contributed by atoms with Crippen LogP contribution in [0.25, 0.3) is 10.9 Å². The van der Waals surface area contributed by atoms with Crippen LogP contribution in [-0.2, 0) is 70.7 Å². The smallest absolute Gasteiger partial charge is 0.247 e. The van der Waals surface area contributed by atoms with E-state index in [4.69, 9.17) is 19.9 Å². The van der Waals surface area contributed by atoms with Crippen molar-refractivity contribution in [3.05, 3.63) is 209 Å². The number of hydrogen-bond donors (Lipinski definition) is 7. The number of unbranched alkanes of at least 4 members (excludes halogenated alkanes) is 1. The second kappa shape index (κ2) is 27.8. The Morgan fingerprint density at radius 1 is 0.512 bits per heavy atom. The van der Waals surface area contributed by atoms with Gasteiger partial charge in [-0.05, 0) is 77.4 Å². The van der Waals surface area contributed by atoms with Crippen molar-refractivity contribution in [3.8, 4) is 5.75 Å². The zero-order chi connectivity index (χ0) is 55.6. The fourth-order valence-electron chi connectivity index (χ4n) is 10.2. The maximum absolute atomic E-state index is 15.4. The van der Waals surface area contributed by atoms with Crippen LogP contribution in [0.3, 0.4) is 0 Å². The van der Waals surface area contributed by atoms with Crippen molar-refractivity contribution in [2.45, 2.75) is 101 Å². The molecule has 3 heterocycles. The Kier molecular flexibility index (Phi) is 19.5. The van der Waals surface area contributed by atoms with Crippen molar-refractivity contribution in [2.24, 2.45) is 5.73 Å². The highest BCUT2D eigenvalue weighted by molar-refractivity contribution is 5.99. The molecule has 0 radical (unpaired) electrons. The van der Waals surface area contributed by atoms with Crippen molar-refractivity contribution in [1.82, 2.24) is 36.5 Å². The van der Waals surface area contributed by atoms with Crippen molar-refractivity contribution >= 4 is 46.3 Å². The van der Waals surface area contributed by atoms with Gasteiger partial charge in [-0.25, -0.2) is 0 Å². The Morgan fingerprint density at radius 3 is 1.75 bits per heavy atom. The number of carbonyl (C=O) groups is 6. The van der Waals surface area contributed by atoms with Crippen LogP contribution in [0.1, 0.15) is 65.1 Å². The quantitative estimate of drug-likeness (QED) is 0.0376. The van der Waals surface area contributed by atoms with Crippen molar-refractivity contribution in [2.75, 3.05) is 19.9 Å². The summed E-state index contributed by atoms with van der Waals surface area (Å²) in [7, 11) is 0. The first-order valence-corrected chi connectivity index (χ1v) is 27.2. The van der Waals surface area contributed by atoms with E-state index in [1.54, 1.807) is 60.8 Å². The van der Waals surface area contributed by atoms with Gasteiger partial charge in [0.1, 0.15) is 55.4 Å². The molecular formula is C63H68N8O9. The molecule has 6 aromatic carbocycles. The Balaban J connectivity index is 1.08. The summed E-state index contributed by atoms with van der Waals surface area (Å²) in [6.45, 7) is 0.712. The summed E-state index contributed by atoms with van der Waals surface area (Å²) in [5.41, 5.74) is 11.2. The summed E-state index contributed by atoms with van der Waals surface area (Å²) in [4.78, 5) is 95.2. The maximum Gasteiger partial charge on any atom is 0.247 e. The number of H-pyrrole nitrogens is 1. The molecule has 1 aromatic heterocycles. The van der Waals surface area contributed by atoms with Gasteiger partial charge in [0.15, 0.2) is 0 Å². The van der Waals surface area contributed by atoms with E-state index in [1.807, 2.05) is 115 Å². The van der Waals surface area contributed by atoms with E-state index in [0.717, 1.165) is 22.0 Å². The number of ether oxygens (including phenoxy) is 3. The highest BCUT2D eigenvalue weighted by atomic mass is 16.7. The second-order valence-corrected chi connectivity index (χ2v) is 20.2. The SMILES string of the molecule is NCCCC[C@@H]1NC(=O)[C@@H](Cc2c[nH]c3ccccc23)NC(=O)[C@H](c2ccccc2)NC(=O)[C@@H]2C[C@@H](OCOCc3ccccc3)CN2C(=O)[C@H](Cc2ccccc2)NC(=O)[C@H](Cc2ccc(OCc3ccccc3)cc2)NC1=O. The highest BCUT2D eigenvalue weighted by Crippen LogP contribution is 2.26. The molecule has 7 aromatic rings. The number of amides is 6. The zero-order valence-corrected chi connectivity index (χ0v) is 44.5. The van der Waals surface area contributed by atoms with Gasteiger partial charge in [-0.1, -0.05) is 152 Å². The average Bonchev–Trinajstić information content (AvgIpc) is 4.13. The van der Waals surface area contributed by atoms with Crippen LogP contribution in [0, 0.1) is 0 Å². The van der Waals surface area contributed by atoms with Gasteiger partial charge in [-0.2, -0.15) is 0 Å². The number of para-hydroxylation sites is 1. The number of aromatic amines is 1. The summed E-state index contributed by atoms with van der Waals surface area (Å²) >= 11 is 0. The fourth-order valence-corrected chi connectivity index (χ4v) is 10.2. The maximum atomic E-state index is 15.4. The molecule has 2 aliphatic heterocycles. The Hall–Kier alpha value is -8.64. The number of nitrogens with zero attached hydrogens (tertiary/aromatic N) is 1. The van der Waals surface area contributed by atoms with Crippen LogP contribution in [0.5, 0.6) is 5.75 Å². The van der Waals surface area contributed by atoms with Gasteiger partial charge in [0.05, 0.1) is 12.7 Å². The summed E-state index contributed by atoms with van der Waals surface area (Å²) in [5.74, 6) is -3.39. The first-order valence-electron chi connectivity index (χ1n) is 27.2. The summed E-state index contributed by atoms with van der Waals surface area (Å²) in [6, 6.07) is 44.2. The molecule has 0 spiro atoms. The first-order chi connectivity index (χ1) is 39.1. The molecule has 0 bridgehead atoms. The number of rotatable bonds is 19. The number of fused-ring (bicyclic) bond motifs is 2. The van der Waals surface area contributed by atoms with Crippen molar-refractivity contribution in [1.29, 1.82) is 0 Å². The Bertz CT molecular complexity index is 3160. The standard InChI is InChI=1S/C63H68N8O9/c64-32-16-15-27-52-58(72)67-53(33-43-28-30-48(31-29-43)79-40-45-21-9-3-10-22-45)59(73)69-55(34-42-17-5-1-6-18-42)63(77)71-38-49(80-41-78-39-44-19-7-2-8-20-44)36-56(71)61(75)70-57(46-23-11-4-12-24-46)62(76)68-54(60(74)66-52)35-47-37-65-51-26-14-13-25-50(47)51/h1-14,17-26,28-31,37,49,52-57,65H,15-16,27,32-36,38-41,64H2,(H,66,74)(H,67,72)(H,68,76)(H,69,73)(H,70,75)/t49-,52+,53+,54-,55+,56+,57+/m1/s1.